The van der Waals surface area contributed by atoms with Gasteiger partial charge in [-0.3, -0.25) is 0 Å². The third kappa shape index (κ3) is 2.20. The maximum atomic E-state index is 9.63. The fraction of sp³-hybridized carbons (Fsp3) is 0.400. The zero-order valence-corrected chi connectivity index (χ0v) is 7.99. The van der Waals surface area contributed by atoms with Crippen molar-refractivity contribution >= 4 is 5.69 Å². The van der Waals surface area contributed by atoms with Crippen molar-refractivity contribution in [1.82, 2.24) is 0 Å². The maximum absolute atomic E-state index is 9.63. The quantitative estimate of drug-likeness (QED) is 0.593. The second-order valence-corrected chi connectivity index (χ2v) is 3.42. The third-order valence-corrected chi connectivity index (χ3v) is 2.14. The van der Waals surface area contributed by atoms with Crippen LogP contribution in [-0.4, -0.2) is 11.1 Å². The molecule has 0 aliphatic carbocycles. The zero-order chi connectivity index (χ0) is 10.0. The average molecular weight is 180 g/mol. The Hall–Kier alpha value is -1.06. The topological polar surface area (TPSA) is 72.3 Å². The summed E-state index contributed by atoms with van der Waals surface area (Å²) in [6.45, 7) is 3.69. The van der Waals surface area contributed by atoms with Gasteiger partial charge in [-0.2, -0.15) is 0 Å². The summed E-state index contributed by atoms with van der Waals surface area (Å²) in [6, 6.07) is 5.22. The first-order chi connectivity index (χ1) is 6.02. The van der Waals surface area contributed by atoms with Crippen LogP contribution in [0.4, 0.5) is 5.69 Å². The number of aliphatic hydroxyl groups excluding tert-OH is 1. The second kappa shape index (κ2) is 3.77. The Kier molecular flexibility index (Phi) is 2.90. The van der Waals surface area contributed by atoms with E-state index in [0.717, 1.165) is 11.1 Å². The van der Waals surface area contributed by atoms with E-state index in [9.17, 15) is 5.11 Å². The van der Waals surface area contributed by atoms with Gasteiger partial charge in [-0.15, -0.1) is 0 Å². The van der Waals surface area contributed by atoms with E-state index in [1.54, 1.807) is 13.0 Å². The lowest BCUT2D eigenvalue weighted by molar-refractivity contribution is 0.153. The van der Waals surface area contributed by atoms with E-state index in [2.05, 4.69) is 0 Å². The van der Waals surface area contributed by atoms with Crippen LogP contribution < -0.4 is 11.5 Å². The molecule has 1 aromatic rings. The Morgan fingerprint density at radius 1 is 1.38 bits per heavy atom. The average Bonchev–Trinajstić information content (AvgIpc) is 2.08. The monoisotopic (exact) mass is 180 g/mol. The molecule has 1 aromatic carbocycles. The van der Waals surface area contributed by atoms with E-state index >= 15 is 0 Å². The highest BCUT2D eigenvalue weighted by Crippen LogP contribution is 2.20. The van der Waals surface area contributed by atoms with Crippen molar-refractivity contribution in [2.75, 3.05) is 5.73 Å². The van der Waals surface area contributed by atoms with Crippen molar-refractivity contribution in [1.29, 1.82) is 0 Å². The molecule has 0 heterocycles. The molecule has 0 aliphatic heterocycles. The highest BCUT2D eigenvalue weighted by atomic mass is 16.3. The lowest BCUT2D eigenvalue weighted by atomic mass is 10.0. The zero-order valence-electron chi connectivity index (χ0n) is 7.99. The molecule has 5 N–H and O–H groups in total. The van der Waals surface area contributed by atoms with Crippen LogP contribution in [0.1, 0.15) is 24.2 Å². The molecule has 0 saturated carbocycles. The van der Waals surface area contributed by atoms with E-state index in [-0.39, 0.29) is 6.04 Å². The van der Waals surface area contributed by atoms with Gasteiger partial charge in [0.1, 0.15) is 0 Å². The number of nitrogens with two attached hydrogens (primary N) is 2. The van der Waals surface area contributed by atoms with E-state index in [4.69, 9.17) is 11.5 Å². The highest BCUT2D eigenvalue weighted by molar-refractivity contribution is 5.48. The van der Waals surface area contributed by atoms with Crippen molar-refractivity contribution in [3.8, 4) is 0 Å². The van der Waals surface area contributed by atoms with E-state index in [1.165, 1.54) is 0 Å². The number of hydrogen-bond donors (Lipinski definition) is 3. The van der Waals surface area contributed by atoms with Crippen LogP contribution in [-0.2, 0) is 0 Å². The summed E-state index contributed by atoms with van der Waals surface area (Å²) in [5.41, 5.74) is 13.8. The van der Waals surface area contributed by atoms with Gasteiger partial charge < -0.3 is 16.6 Å². The van der Waals surface area contributed by atoms with Gasteiger partial charge in [0.2, 0.25) is 0 Å². The van der Waals surface area contributed by atoms with Crippen molar-refractivity contribution in [3.05, 3.63) is 29.3 Å². The van der Waals surface area contributed by atoms with Crippen LogP contribution in [0, 0.1) is 6.92 Å². The molecule has 0 radical (unpaired) electrons. The molecule has 0 aromatic heterocycles. The predicted octanol–water partition coefficient (Wildman–Crippen LogP) is 0.958. The van der Waals surface area contributed by atoms with Crippen molar-refractivity contribution in [3.63, 3.8) is 0 Å². The molecule has 72 valence electrons. The number of rotatable bonds is 2. The minimum atomic E-state index is -0.636. The normalized spacial score (nSPS) is 15.4. The van der Waals surface area contributed by atoms with Gasteiger partial charge in [0, 0.05) is 11.7 Å². The van der Waals surface area contributed by atoms with E-state index < -0.39 is 6.10 Å². The molecule has 0 amide bonds. The summed E-state index contributed by atoms with van der Waals surface area (Å²) >= 11 is 0. The summed E-state index contributed by atoms with van der Waals surface area (Å²) in [6.07, 6.45) is -0.636. The second-order valence-electron chi connectivity index (χ2n) is 3.42. The lowest BCUT2D eigenvalue weighted by Crippen LogP contribution is -2.24. The summed E-state index contributed by atoms with van der Waals surface area (Å²) in [4.78, 5) is 0. The van der Waals surface area contributed by atoms with Crippen LogP contribution in [0.15, 0.2) is 18.2 Å². The Morgan fingerprint density at radius 3 is 2.46 bits per heavy atom. The highest BCUT2D eigenvalue weighted by Gasteiger charge is 2.12. The number of hydrogen-bond acceptors (Lipinski definition) is 3. The van der Waals surface area contributed by atoms with Gasteiger partial charge in [-0.05, 0) is 31.0 Å². The van der Waals surface area contributed by atoms with Crippen LogP contribution >= 0.6 is 0 Å². The van der Waals surface area contributed by atoms with Crippen molar-refractivity contribution in [2.45, 2.75) is 26.0 Å². The molecule has 0 bridgehead atoms. The molecular weight excluding hydrogens is 164 g/mol. The first-order valence-electron chi connectivity index (χ1n) is 4.32. The molecule has 3 heteroatoms. The van der Waals surface area contributed by atoms with E-state index in [0.29, 0.717) is 5.69 Å². The largest absolute Gasteiger partial charge is 0.399 e. The fourth-order valence-corrected chi connectivity index (χ4v) is 1.15. The Balaban J connectivity index is 2.97. The molecule has 0 saturated heterocycles. The van der Waals surface area contributed by atoms with Gasteiger partial charge in [-0.25, -0.2) is 0 Å². The minimum absolute atomic E-state index is 0.276. The van der Waals surface area contributed by atoms with Crippen LogP contribution in [0.25, 0.3) is 0 Å². The molecular formula is C10H16N2O. The summed E-state index contributed by atoms with van der Waals surface area (Å²) in [5, 5.41) is 9.63. The molecule has 2 atom stereocenters. The smallest absolute Gasteiger partial charge is 0.0938 e. The van der Waals surface area contributed by atoms with Gasteiger partial charge in [0.05, 0.1) is 6.10 Å². The SMILES string of the molecule is Cc1ccc([C@@H](O)[C@H](C)N)cc1N. The van der Waals surface area contributed by atoms with Gasteiger partial charge in [0.25, 0.3) is 0 Å². The summed E-state index contributed by atoms with van der Waals surface area (Å²) < 4.78 is 0. The molecule has 1 rings (SSSR count). The van der Waals surface area contributed by atoms with Crippen LogP contribution in [0.3, 0.4) is 0 Å². The van der Waals surface area contributed by atoms with Crippen molar-refractivity contribution < 1.29 is 5.11 Å². The van der Waals surface area contributed by atoms with Crippen LogP contribution in [0.5, 0.6) is 0 Å². The number of anilines is 1. The molecule has 13 heavy (non-hydrogen) atoms. The maximum Gasteiger partial charge on any atom is 0.0938 e. The molecule has 0 unspecified atom stereocenters. The Morgan fingerprint density at radius 2 is 2.00 bits per heavy atom. The molecule has 3 nitrogen and oxygen atoms in total. The third-order valence-electron chi connectivity index (χ3n) is 2.14. The van der Waals surface area contributed by atoms with Crippen molar-refractivity contribution in [2.24, 2.45) is 5.73 Å². The van der Waals surface area contributed by atoms with Gasteiger partial charge in [-0.1, -0.05) is 12.1 Å². The Labute approximate surface area is 78.4 Å². The molecule has 0 aliphatic rings. The fourth-order valence-electron chi connectivity index (χ4n) is 1.15. The predicted molar refractivity (Wildman–Crippen MR) is 54.2 cm³/mol. The summed E-state index contributed by atoms with van der Waals surface area (Å²) in [5.74, 6) is 0. The van der Waals surface area contributed by atoms with Gasteiger partial charge >= 0.3 is 0 Å². The molecule has 0 fully saturated rings. The first kappa shape index (κ1) is 10.0. The minimum Gasteiger partial charge on any atom is -0.399 e. The lowest BCUT2D eigenvalue weighted by Gasteiger charge is -2.15. The standard InChI is InChI=1S/C10H16N2O/c1-6-3-4-8(5-9(6)12)10(13)7(2)11/h3-5,7,10,13H,11-12H2,1-2H3/t7-,10-/m0/s1. The number of nitrogen functional groups attached to an aromatic ring is 1. The summed E-state index contributed by atoms with van der Waals surface area (Å²) in [7, 11) is 0. The van der Waals surface area contributed by atoms with Crippen LogP contribution in [0.2, 0.25) is 0 Å². The van der Waals surface area contributed by atoms with E-state index in [1.807, 2.05) is 19.1 Å². The first-order valence-corrected chi connectivity index (χ1v) is 4.32. The molecule has 0 spiro atoms. The number of benzene rings is 1. The number of aliphatic hydroxyl groups is 1. The number of aryl methyl sites for hydroxylation is 1. The van der Waals surface area contributed by atoms with Gasteiger partial charge in [0.15, 0.2) is 0 Å². The Bertz CT molecular complexity index is 297.